The first-order valence-electron chi connectivity index (χ1n) is 4.62. The van der Waals surface area contributed by atoms with Crippen molar-refractivity contribution in [2.45, 2.75) is 38.5 Å². The van der Waals surface area contributed by atoms with E-state index in [1.54, 1.807) is 0 Å². The second kappa shape index (κ2) is 4.36. The van der Waals surface area contributed by atoms with Gasteiger partial charge in [-0.2, -0.15) is 12.6 Å². The van der Waals surface area contributed by atoms with E-state index >= 15 is 0 Å². The molecule has 0 aromatic carbocycles. The van der Waals surface area contributed by atoms with Crippen LogP contribution in [-0.2, 0) is 0 Å². The van der Waals surface area contributed by atoms with Gasteiger partial charge in [-0.05, 0) is 45.2 Å². The first kappa shape index (κ1) is 9.40. The normalized spacial score (nSPS) is 31.4. The van der Waals surface area contributed by atoms with Crippen molar-refractivity contribution < 1.29 is 0 Å². The summed E-state index contributed by atoms with van der Waals surface area (Å²) >= 11 is 4.44. The molecule has 2 atom stereocenters. The van der Waals surface area contributed by atoms with E-state index in [-0.39, 0.29) is 0 Å². The topological polar surface area (TPSA) is 3.24 Å². The first-order valence-corrected chi connectivity index (χ1v) is 5.14. The maximum atomic E-state index is 4.44. The van der Waals surface area contributed by atoms with Crippen molar-refractivity contribution in [1.29, 1.82) is 0 Å². The van der Waals surface area contributed by atoms with E-state index in [4.69, 9.17) is 0 Å². The Balaban J connectivity index is 2.34. The maximum absolute atomic E-state index is 4.44. The van der Waals surface area contributed by atoms with Crippen LogP contribution >= 0.6 is 12.6 Å². The molecule has 66 valence electrons. The van der Waals surface area contributed by atoms with Crippen LogP contribution in [0.2, 0.25) is 0 Å². The average molecular weight is 173 g/mol. The summed E-state index contributed by atoms with van der Waals surface area (Å²) < 4.78 is 0. The van der Waals surface area contributed by atoms with E-state index < -0.39 is 0 Å². The predicted octanol–water partition coefficient (Wildman–Crippen LogP) is 2.38. The zero-order chi connectivity index (χ0) is 8.27. The highest BCUT2D eigenvalue weighted by atomic mass is 32.1. The summed E-state index contributed by atoms with van der Waals surface area (Å²) in [7, 11) is 0. The molecule has 1 fully saturated rings. The Hall–Kier alpha value is 0.310. The fourth-order valence-corrected chi connectivity index (χ4v) is 1.89. The Kier molecular flexibility index (Phi) is 3.73. The van der Waals surface area contributed by atoms with Crippen LogP contribution in [0, 0.1) is 5.92 Å². The molecule has 0 radical (unpaired) electrons. The van der Waals surface area contributed by atoms with Crippen molar-refractivity contribution in [2.24, 2.45) is 5.92 Å². The van der Waals surface area contributed by atoms with Gasteiger partial charge in [0.15, 0.2) is 0 Å². The zero-order valence-corrected chi connectivity index (χ0v) is 8.48. The van der Waals surface area contributed by atoms with E-state index in [9.17, 15) is 0 Å². The van der Waals surface area contributed by atoms with E-state index in [0.717, 1.165) is 5.92 Å². The van der Waals surface area contributed by atoms with E-state index in [0.29, 0.717) is 5.37 Å². The highest BCUT2D eigenvalue weighted by molar-refractivity contribution is 7.80. The highest BCUT2D eigenvalue weighted by Gasteiger charge is 2.15. The Bertz CT molecular complexity index is 114. The van der Waals surface area contributed by atoms with Gasteiger partial charge in [0, 0.05) is 5.37 Å². The van der Waals surface area contributed by atoms with Crippen LogP contribution in [0.3, 0.4) is 0 Å². The van der Waals surface area contributed by atoms with Crippen molar-refractivity contribution in [2.75, 3.05) is 13.1 Å². The van der Waals surface area contributed by atoms with Gasteiger partial charge in [-0.25, -0.2) is 0 Å². The average Bonchev–Trinajstić information content (AvgIpc) is 2.13. The fourth-order valence-electron chi connectivity index (χ4n) is 1.66. The first-order chi connectivity index (χ1) is 5.20. The van der Waals surface area contributed by atoms with Gasteiger partial charge in [0.2, 0.25) is 0 Å². The molecule has 1 heterocycles. The number of hydrogen-bond acceptors (Lipinski definition) is 2. The quantitative estimate of drug-likeness (QED) is 0.596. The van der Waals surface area contributed by atoms with Gasteiger partial charge in [-0.15, -0.1) is 0 Å². The second-order valence-corrected chi connectivity index (χ2v) is 4.45. The molecule has 1 nitrogen and oxygen atoms in total. The molecule has 11 heavy (non-hydrogen) atoms. The zero-order valence-electron chi connectivity index (χ0n) is 7.58. The molecule has 0 spiro atoms. The van der Waals surface area contributed by atoms with Crippen LogP contribution in [0.15, 0.2) is 0 Å². The lowest BCUT2D eigenvalue weighted by Crippen LogP contribution is -2.30. The lowest BCUT2D eigenvalue weighted by molar-refractivity contribution is 0.276. The third-order valence-electron chi connectivity index (χ3n) is 2.58. The Morgan fingerprint density at radius 3 is 2.73 bits per heavy atom. The van der Waals surface area contributed by atoms with Crippen LogP contribution < -0.4 is 0 Å². The van der Waals surface area contributed by atoms with Gasteiger partial charge < -0.3 is 0 Å². The molecule has 0 saturated carbocycles. The minimum atomic E-state index is 0.445. The van der Waals surface area contributed by atoms with Crippen LogP contribution in [0.5, 0.6) is 0 Å². The monoisotopic (exact) mass is 173 g/mol. The van der Waals surface area contributed by atoms with Gasteiger partial charge >= 0.3 is 0 Å². The fraction of sp³-hybridized carbons (Fsp3) is 1.00. The van der Waals surface area contributed by atoms with E-state index in [1.807, 2.05) is 0 Å². The summed E-state index contributed by atoms with van der Waals surface area (Å²) in [6, 6.07) is 0. The molecule has 1 saturated heterocycles. The molecule has 0 bridgehead atoms. The van der Waals surface area contributed by atoms with Crippen LogP contribution in [0.1, 0.15) is 33.1 Å². The standard InChI is InChI=1S/C9H19NS/c1-8-4-3-6-10(7-5-8)9(2)11/h8-9,11H,3-7H2,1-2H3. The summed E-state index contributed by atoms with van der Waals surface area (Å²) in [5.41, 5.74) is 0. The molecule has 1 rings (SSSR count). The number of rotatable bonds is 1. The molecule has 2 heteroatoms. The third kappa shape index (κ3) is 3.04. The summed E-state index contributed by atoms with van der Waals surface area (Å²) in [5.74, 6) is 0.923. The van der Waals surface area contributed by atoms with Crippen molar-refractivity contribution in [3.05, 3.63) is 0 Å². The van der Waals surface area contributed by atoms with E-state index in [1.165, 1.54) is 32.4 Å². The molecule has 0 N–H and O–H groups in total. The van der Waals surface area contributed by atoms with Gasteiger partial charge in [0.05, 0.1) is 0 Å². The van der Waals surface area contributed by atoms with Gasteiger partial charge in [-0.3, -0.25) is 4.90 Å². The minimum Gasteiger partial charge on any atom is -0.292 e. The molecule has 0 aliphatic carbocycles. The molecule has 0 aromatic heterocycles. The number of thiol groups is 1. The van der Waals surface area contributed by atoms with Crippen LogP contribution in [0.25, 0.3) is 0 Å². The summed E-state index contributed by atoms with van der Waals surface area (Å²) in [5, 5.41) is 0.445. The number of likely N-dealkylation sites (tertiary alicyclic amines) is 1. The van der Waals surface area contributed by atoms with Crippen LogP contribution in [-0.4, -0.2) is 23.4 Å². The molecule has 0 aromatic rings. The summed E-state index contributed by atoms with van der Waals surface area (Å²) in [4.78, 5) is 2.46. The molecular weight excluding hydrogens is 154 g/mol. The second-order valence-electron chi connectivity index (χ2n) is 3.70. The number of nitrogens with zero attached hydrogens (tertiary/aromatic N) is 1. The summed E-state index contributed by atoms with van der Waals surface area (Å²) in [6.07, 6.45) is 4.11. The highest BCUT2D eigenvalue weighted by Crippen LogP contribution is 2.18. The largest absolute Gasteiger partial charge is 0.292 e. The smallest absolute Gasteiger partial charge is 0.0499 e. The van der Waals surface area contributed by atoms with Crippen molar-refractivity contribution in [3.63, 3.8) is 0 Å². The molecule has 2 unspecified atom stereocenters. The van der Waals surface area contributed by atoms with Crippen molar-refractivity contribution in [1.82, 2.24) is 4.90 Å². The van der Waals surface area contributed by atoms with E-state index in [2.05, 4.69) is 31.4 Å². The molecule has 1 aliphatic rings. The Labute approximate surface area is 75.6 Å². The molecule has 1 aliphatic heterocycles. The van der Waals surface area contributed by atoms with Gasteiger partial charge in [0.25, 0.3) is 0 Å². The van der Waals surface area contributed by atoms with Gasteiger partial charge in [-0.1, -0.05) is 6.92 Å². The Morgan fingerprint density at radius 2 is 2.09 bits per heavy atom. The third-order valence-corrected chi connectivity index (χ3v) is 2.91. The lowest BCUT2D eigenvalue weighted by Gasteiger charge is -2.23. The Morgan fingerprint density at radius 1 is 1.36 bits per heavy atom. The molecular formula is C9H19NS. The van der Waals surface area contributed by atoms with Crippen molar-refractivity contribution >= 4 is 12.6 Å². The number of hydrogen-bond donors (Lipinski definition) is 1. The SMILES string of the molecule is CC1CCCN(C(C)S)CC1. The minimum absolute atomic E-state index is 0.445. The maximum Gasteiger partial charge on any atom is 0.0499 e. The van der Waals surface area contributed by atoms with Crippen LogP contribution in [0.4, 0.5) is 0 Å². The predicted molar refractivity (Wildman–Crippen MR) is 53.0 cm³/mol. The van der Waals surface area contributed by atoms with Gasteiger partial charge in [0.1, 0.15) is 0 Å². The van der Waals surface area contributed by atoms with Crippen molar-refractivity contribution in [3.8, 4) is 0 Å². The summed E-state index contributed by atoms with van der Waals surface area (Å²) in [6.45, 7) is 7.01. The lowest BCUT2D eigenvalue weighted by atomic mass is 10.0. The molecule has 0 amide bonds.